The number of ether oxygens (including phenoxy) is 1. The van der Waals surface area contributed by atoms with Gasteiger partial charge < -0.3 is 9.84 Å². The van der Waals surface area contributed by atoms with E-state index in [1.165, 1.54) is 13.2 Å². The summed E-state index contributed by atoms with van der Waals surface area (Å²) in [6.07, 6.45) is 8.31. The van der Waals surface area contributed by atoms with Gasteiger partial charge >= 0.3 is 5.97 Å². The number of fused-ring (bicyclic) bond motifs is 1. The van der Waals surface area contributed by atoms with Crippen LogP contribution in [0.5, 0.6) is 5.75 Å². The van der Waals surface area contributed by atoms with E-state index in [1.807, 2.05) is 0 Å². The van der Waals surface area contributed by atoms with Gasteiger partial charge in [0.05, 0.1) is 35.6 Å². The summed E-state index contributed by atoms with van der Waals surface area (Å²) in [5.41, 5.74) is 2.03. The molecule has 0 saturated carbocycles. The predicted molar refractivity (Wildman–Crippen MR) is 80.6 cm³/mol. The van der Waals surface area contributed by atoms with E-state index in [-0.39, 0.29) is 11.3 Å². The van der Waals surface area contributed by atoms with E-state index in [4.69, 9.17) is 4.74 Å². The van der Waals surface area contributed by atoms with E-state index in [9.17, 15) is 9.90 Å². The Hall–Kier alpha value is -3.22. The molecule has 0 saturated heterocycles. The highest BCUT2D eigenvalue weighted by molar-refractivity contribution is 6.02. The molecule has 22 heavy (non-hydrogen) atoms. The number of H-pyrrole nitrogens is 1. The molecule has 0 amide bonds. The lowest BCUT2D eigenvalue weighted by atomic mass is 10.1. The molecule has 110 valence electrons. The maximum absolute atomic E-state index is 11.3. The normalized spacial score (nSPS) is 11.1. The highest BCUT2D eigenvalue weighted by atomic mass is 16.5. The number of hydrogen-bond acceptors (Lipinski definition) is 5. The fraction of sp³-hybridized carbons (Fsp3) is 0.0667. The van der Waals surface area contributed by atoms with E-state index in [0.717, 1.165) is 0 Å². The number of aromatic amines is 1. The molecular weight excluding hydrogens is 284 g/mol. The van der Waals surface area contributed by atoms with Crippen molar-refractivity contribution in [2.45, 2.75) is 0 Å². The van der Waals surface area contributed by atoms with Crippen LogP contribution in [-0.4, -0.2) is 38.4 Å². The third-order valence-corrected chi connectivity index (χ3v) is 3.14. The highest BCUT2D eigenvalue weighted by Gasteiger charge is 2.17. The largest absolute Gasteiger partial charge is 0.495 e. The van der Waals surface area contributed by atoms with Crippen molar-refractivity contribution in [3.63, 3.8) is 0 Å². The molecule has 0 bridgehead atoms. The zero-order valence-electron chi connectivity index (χ0n) is 11.6. The Morgan fingerprint density at radius 2 is 2.18 bits per heavy atom. The molecule has 0 radical (unpaired) electrons. The van der Waals surface area contributed by atoms with Crippen molar-refractivity contribution < 1.29 is 14.6 Å². The number of carboxylic acid groups (broad SMARTS) is 1. The number of benzene rings is 1. The van der Waals surface area contributed by atoms with Gasteiger partial charge in [0.15, 0.2) is 0 Å². The van der Waals surface area contributed by atoms with Gasteiger partial charge in [0.2, 0.25) is 0 Å². The van der Waals surface area contributed by atoms with Gasteiger partial charge in [-0.2, -0.15) is 5.10 Å². The maximum atomic E-state index is 11.3. The topological polar surface area (TPSA) is 101 Å². The second-order valence-electron chi connectivity index (χ2n) is 4.45. The number of carboxylic acids is 1. The zero-order valence-corrected chi connectivity index (χ0v) is 11.6. The summed E-state index contributed by atoms with van der Waals surface area (Å²) in [6, 6.07) is 3.11. The fourth-order valence-corrected chi connectivity index (χ4v) is 2.17. The Morgan fingerprint density at radius 1 is 1.32 bits per heavy atom. The lowest BCUT2D eigenvalue weighted by Crippen LogP contribution is -2.00. The Balaban J connectivity index is 2.12. The van der Waals surface area contributed by atoms with Crippen molar-refractivity contribution >= 4 is 29.0 Å². The van der Waals surface area contributed by atoms with Crippen LogP contribution in [0.1, 0.15) is 21.7 Å². The van der Waals surface area contributed by atoms with Gasteiger partial charge in [-0.3, -0.25) is 15.1 Å². The highest BCUT2D eigenvalue weighted by Crippen LogP contribution is 2.32. The van der Waals surface area contributed by atoms with Crippen molar-refractivity contribution in [2.75, 3.05) is 7.11 Å². The van der Waals surface area contributed by atoms with Crippen LogP contribution in [0.15, 0.2) is 30.7 Å². The maximum Gasteiger partial charge on any atom is 0.339 e. The molecule has 3 aromatic rings. The molecule has 1 aromatic carbocycles. The van der Waals surface area contributed by atoms with Crippen LogP contribution in [0.3, 0.4) is 0 Å². The summed E-state index contributed by atoms with van der Waals surface area (Å²) < 4.78 is 5.27. The second kappa shape index (κ2) is 5.65. The third kappa shape index (κ3) is 2.39. The minimum atomic E-state index is -1.05. The van der Waals surface area contributed by atoms with Crippen LogP contribution in [0.2, 0.25) is 0 Å². The summed E-state index contributed by atoms with van der Waals surface area (Å²) in [5, 5.41) is 16.9. The first kappa shape index (κ1) is 13.7. The first-order valence-electron chi connectivity index (χ1n) is 6.43. The van der Waals surface area contributed by atoms with Crippen LogP contribution >= 0.6 is 0 Å². The SMILES string of the molecule is COc1c(C(=O)O)ccc2n[nH]c(C=Cc3cnccn3)c12. The van der Waals surface area contributed by atoms with E-state index >= 15 is 0 Å². The molecule has 7 nitrogen and oxygen atoms in total. The average Bonchev–Trinajstić information content (AvgIpc) is 2.96. The minimum Gasteiger partial charge on any atom is -0.495 e. The fourth-order valence-electron chi connectivity index (χ4n) is 2.17. The van der Waals surface area contributed by atoms with Gasteiger partial charge in [0.25, 0.3) is 0 Å². The number of hydrogen-bond donors (Lipinski definition) is 2. The number of nitrogens with one attached hydrogen (secondary N) is 1. The van der Waals surface area contributed by atoms with E-state index in [1.54, 1.807) is 36.8 Å². The zero-order chi connectivity index (χ0) is 15.5. The number of aromatic carboxylic acids is 1. The Bertz CT molecular complexity index is 856. The molecule has 2 N–H and O–H groups in total. The molecule has 2 aromatic heterocycles. The quantitative estimate of drug-likeness (QED) is 0.765. The molecule has 7 heteroatoms. The van der Waals surface area contributed by atoms with Crippen LogP contribution in [-0.2, 0) is 0 Å². The van der Waals surface area contributed by atoms with Gasteiger partial charge in [0.1, 0.15) is 11.3 Å². The van der Waals surface area contributed by atoms with E-state index < -0.39 is 5.97 Å². The van der Waals surface area contributed by atoms with Crippen molar-refractivity contribution in [1.29, 1.82) is 0 Å². The van der Waals surface area contributed by atoms with Crippen LogP contribution in [0.4, 0.5) is 0 Å². The first-order chi connectivity index (χ1) is 10.7. The number of aromatic nitrogens is 4. The summed E-state index contributed by atoms with van der Waals surface area (Å²) in [7, 11) is 1.43. The standard InChI is InChI=1S/C15H12N4O3/c1-22-14-10(15(20)21)3-5-12-13(14)11(18-19-12)4-2-9-8-16-6-7-17-9/h2-8H,1H3,(H,18,19)(H,20,21). The molecule has 0 fully saturated rings. The molecule has 0 aliphatic carbocycles. The Labute approximate surface area is 125 Å². The van der Waals surface area contributed by atoms with Crippen molar-refractivity contribution in [2.24, 2.45) is 0 Å². The van der Waals surface area contributed by atoms with Crippen LogP contribution < -0.4 is 4.74 Å². The number of nitrogens with zero attached hydrogens (tertiary/aromatic N) is 3. The Morgan fingerprint density at radius 3 is 2.86 bits per heavy atom. The third-order valence-electron chi connectivity index (χ3n) is 3.14. The van der Waals surface area contributed by atoms with Gasteiger partial charge in [-0.25, -0.2) is 4.79 Å². The molecule has 0 aliphatic rings. The molecular formula is C15H12N4O3. The predicted octanol–water partition coefficient (Wildman–Crippen LogP) is 2.23. The van der Waals surface area contributed by atoms with Crippen molar-refractivity contribution in [1.82, 2.24) is 20.2 Å². The van der Waals surface area contributed by atoms with Crippen LogP contribution in [0.25, 0.3) is 23.1 Å². The second-order valence-corrected chi connectivity index (χ2v) is 4.45. The van der Waals surface area contributed by atoms with E-state index in [0.29, 0.717) is 22.3 Å². The van der Waals surface area contributed by atoms with Gasteiger partial charge in [-0.1, -0.05) is 0 Å². The lowest BCUT2D eigenvalue weighted by Gasteiger charge is -2.06. The van der Waals surface area contributed by atoms with E-state index in [2.05, 4.69) is 20.2 Å². The van der Waals surface area contributed by atoms with Crippen LogP contribution in [0, 0.1) is 0 Å². The molecule has 0 spiro atoms. The summed E-state index contributed by atoms with van der Waals surface area (Å²) >= 11 is 0. The van der Waals surface area contributed by atoms with Crippen molar-refractivity contribution in [3.8, 4) is 5.75 Å². The van der Waals surface area contributed by atoms with Crippen molar-refractivity contribution in [3.05, 3.63) is 47.7 Å². The smallest absolute Gasteiger partial charge is 0.339 e. The summed E-state index contributed by atoms with van der Waals surface area (Å²) in [5.74, 6) is -0.777. The summed E-state index contributed by atoms with van der Waals surface area (Å²) in [6.45, 7) is 0. The lowest BCUT2D eigenvalue weighted by molar-refractivity contribution is 0.0693. The molecule has 0 unspecified atom stereocenters. The number of carbonyl (C=O) groups is 1. The first-order valence-corrected chi connectivity index (χ1v) is 6.43. The van der Waals surface area contributed by atoms with Gasteiger partial charge in [-0.15, -0.1) is 0 Å². The minimum absolute atomic E-state index is 0.0885. The van der Waals surface area contributed by atoms with Gasteiger partial charge in [-0.05, 0) is 24.3 Å². The molecule has 0 atom stereocenters. The average molecular weight is 296 g/mol. The monoisotopic (exact) mass is 296 g/mol. The Kier molecular flexibility index (Phi) is 3.53. The summed E-state index contributed by atoms with van der Waals surface area (Å²) in [4.78, 5) is 19.4. The number of rotatable bonds is 4. The molecule has 2 heterocycles. The van der Waals surface area contributed by atoms with Gasteiger partial charge in [0, 0.05) is 12.4 Å². The number of methoxy groups -OCH3 is 1. The molecule has 3 rings (SSSR count). The molecule has 0 aliphatic heterocycles.